The first-order valence-corrected chi connectivity index (χ1v) is 9.42. The molecule has 1 fully saturated rings. The lowest BCUT2D eigenvalue weighted by Crippen LogP contribution is -2.54. The molecule has 0 bridgehead atoms. The molecule has 2 rings (SSSR count). The number of nitriles is 1. The lowest BCUT2D eigenvalue weighted by molar-refractivity contribution is 0.0596. The predicted molar refractivity (Wildman–Crippen MR) is 109 cm³/mol. The molecule has 158 valence electrons. The molecule has 10 heteroatoms. The minimum absolute atomic E-state index is 0.259. The molecule has 0 aliphatic carbocycles. The van der Waals surface area contributed by atoms with Gasteiger partial charge in [0.2, 0.25) is 0 Å². The second kappa shape index (κ2) is 9.20. The molecule has 1 aromatic carbocycles. The van der Waals surface area contributed by atoms with E-state index in [4.69, 9.17) is 26.2 Å². The van der Waals surface area contributed by atoms with E-state index in [2.05, 4.69) is 16.7 Å². The first-order chi connectivity index (χ1) is 13.5. The number of nitrogens with one attached hydrogen (secondary N) is 2. The molecule has 0 unspecified atom stereocenters. The van der Waals surface area contributed by atoms with Crippen molar-refractivity contribution in [3.8, 4) is 6.07 Å². The number of anilines is 2. The molecule has 1 saturated heterocycles. The van der Waals surface area contributed by atoms with Crippen LogP contribution in [0.5, 0.6) is 0 Å². The van der Waals surface area contributed by atoms with E-state index < -0.39 is 23.9 Å². The molecule has 9 nitrogen and oxygen atoms in total. The number of rotatable bonds is 4. The third kappa shape index (κ3) is 6.14. The summed E-state index contributed by atoms with van der Waals surface area (Å²) >= 11 is 6.53. The first kappa shape index (κ1) is 22.6. The zero-order valence-corrected chi connectivity index (χ0v) is 17.5. The Morgan fingerprint density at radius 1 is 1.38 bits per heavy atom. The highest BCUT2D eigenvalue weighted by Crippen LogP contribution is 2.36. The number of nitrogens with zero attached hydrogens (tertiary/aromatic N) is 2. The topological polar surface area (TPSA) is 124 Å². The van der Waals surface area contributed by atoms with Crippen LogP contribution in [0.2, 0.25) is 5.02 Å². The maximum absolute atomic E-state index is 12.1. The van der Waals surface area contributed by atoms with Crippen LogP contribution >= 0.6 is 11.6 Å². The predicted octanol–water partition coefficient (Wildman–Crippen LogP) is 3.42. The van der Waals surface area contributed by atoms with Gasteiger partial charge in [-0.15, -0.1) is 0 Å². The van der Waals surface area contributed by atoms with Crippen molar-refractivity contribution >= 4 is 35.2 Å². The van der Waals surface area contributed by atoms with Crippen molar-refractivity contribution in [1.29, 1.82) is 5.26 Å². The number of hydrogen-bond donors (Lipinski definition) is 3. The minimum Gasteiger partial charge on any atom is -0.465 e. The van der Waals surface area contributed by atoms with E-state index >= 15 is 0 Å². The van der Waals surface area contributed by atoms with Crippen molar-refractivity contribution < 1.29 is 24.2 Å². The lowest BCUT2D eigenvalue weighted by Gasteiger charge is -2.39. The van der Waals surface area contributed by atoms with Crippen LogP contribution < -0.4 is 15.5 Å². The zero-order valence-electron chi connectivity index (χ0n) is 16.8. The molecule has 1 aliphatic heterocycles. The molecule has 1 aromatic rings. The highest BCUT2D eigenvalue weighted by Gasteiger charge is 2.32. The number of carboxylic acid groups (broad SMARTS) is 1. The molecule has 0 saturated carbocycles. The Balaban J connectivity index is 2.28. The normalized spacial score (nSPS) is 19.2. The van der Waals surface area contributed by atoms with Gasteiger partial charge in [-0.3, -0.25) is 5.32 Å². The van der Waals surface area contributed by atoms with Crippen molar-refractivity contribution in [3.63, 3.8) is 0 Å². The molecule has 29 heavy (non-hydrogen) atoms. The van der Waals surface area contributed by atoms with Gasteiger partial charge >= 0.3 is 12.2 Å². The maximum atomic E-state index is 12.1. The molecule has 0 spiro atoms. The Labute approximate surface area is 174 Å². The molecule has 0 aromatic heterocycles. The van der Waals surface area contributed by atoms with E-state index in [0.29, 0.717) is 30.8 Å². The van der Waals surface area contributed by atoms with Gasteiger partial charge in [-0.25, -0.2) is 9.59 Å². The van der Waals surface area contributed by atoms with Gasteiger partial charge in [0.15, 0.2) is 0 Å². The SMILES string of the molecule is CO[C@@H]1CN(c2cc(C#N)cc(NC(=O)OC(C)(C)C)c2Cl)CC[C@H]1NC(=O)O. The number of carbonyl (C=O) groups excluding carboxylic acids is 1. The number of carbonyl (C=O) groups is 2. The van der Waals surface area contributed by atoms with Crippen LogP contribution in [0.15, 0.2) is 12.1 Å². The number of halogens is 1. The highest BCUT2D eigenvalue weighted by molar-refractivity contribution is 6.36. The second-order valence-corrected chi connectivity index (χ2v) is 8.04. The van der Waals surface area contributed by atoms with Crippen LogP contribution in [-0.4, -0.2) is 55.2 Å². The number of methoxy groups -OCH3 is 1. The highest BCUT2D eigenvalue weighted by atomic mass is 35.5. The Morgan fingerprint density at radius 2 is 2.07 bits per heavy atom. The van der Waals surface area contributed by atoms with Crippen LogP contribution in [0.4, 0.5) is 21.0 Å². The first-order valence-electron chi connectivity index (χ1n) is 9.05. The van der Waals surface area contributed by atoms with E-state index in [1.54, 1.807) is 26.8 Å². The lowest BCUT2D eigenvalue weighted by atomic mass is 10.0. The fourth-order valence-electron chi connectivity index (χ4n) is 3.11. The van der Waals surface area contributed by atoms with Gasteiger partial charge in [0.05, 0.1) is 40.2 Å². The van der Waals surface area contributed by atoms with Gasteiger partial charge in [-0.1, -0.05) is 11.6 Å². The van der Waals surface area contributed by atoms with Crippen LogP contribution in [0.1, 0.15) is 32.8 Å². The van der Waals surface area contributed by atoms with Gasteiger partial charge in [-0.05, 0) is 39.3 Å². The fourth-order valence-corrected chi connectivity index (χ4v) is 3.38. The summed E-state index contributed by atoms with van der Waals surface area (Å²) in [6.45, 7) is 6.08. The van der Waals surface area contributed by atoms with Gasteiger partial charge in [-0.2, -0.15) is 5.26 Å². The van der Waals surface area contributed by atoms with Gasteiger partial charge in [0, 0.05) is 20.2 Å². The van der Waals surface area contributed by atoms with E-state index in [1.807, 2.05) is 4.90 Å². The average Bonchev–Trinajstić information content (AvgIpc) is 2.61. The summed E-state index contributed by atoms with van der Waals surface area (Å²) in [5.74, 6) is 0. The molecule has 0 radical (unpaired) electrons. The second-order valence-electron chi connectivity index (χ2n) is 7.66. The third-order valence-corrected chi connectivity index (χ3v) is 4.73. The van der Waals surface area contributed by atoms with E-state index in [9.17, 15) is 14.9 Å². The smallest absolute Gasteiger partial charge is 0.412 e. The minimum atomic E-state index is -1.11. The number of hydrogen-bond acceptors (Lipinski definition) is 6. The summed E-state index contributed by atoms with van der Waals surface area (Å²) in [6, 6.07) is 4.80. The molecular weight excluding hydrogens is 400 g/mol. The van der Waals surface area contributed by atoms with Crippen molar-refractivity contribution in [2.45, 2.75) is 44.9 Å². The van der Waals surface area contributed by atoms with Crippen molar-refractivity contribution in [3.05, 3.63) is 22.7 Å². The molecule has 1 aliphatic rings. The number of benzene rings is 1. The summed E-state index contributed by atoms with van der Waals surface area (Å²) in [7, 11) is 1.51. The van der Waals surface area contributed by atoms with Crippen LogP contribution in [0.25, 0.3) is 0 Å². The summed E-state index contributed by atoms with van der Waals surface area (Å²) < 4.78 is 10.7. The summed E-state index contributed by atoms with van der Waals surface area (Å²) in [5, 5.41) is 23.7. The summed E-state index contributed by atoms with van der Waals surface area (Å²) in [5.41, 5.74) is 0.439. The van der Waals surface area contributed by atoms with Crippen LogP contribution in [-0.2, 0) is 9.47 Å². The van der Waals surface area contributed by atoms with Gasteiger partial charge in [0.1, 0.15) is 5.60 Å². The fraction of sp³-hybridized carbons (Fsp3) is 0.526. The monoisotopic (exact) mass is 424 g/mol. The zero-order chi connectivity index (χ0) is 21.8. The largest absolute Gasteiger partial charge is 0.465 e. The van der Waals surface area contributed by atoms with E-state index in [-0.39, 0.29) is 16.8 Å². The number of amides is 2. The van der Waals surface area contributed by atoms with Crippen LogP contribution in [0.3, 0.4) is 0 Å². The standard InChI is InChI=1S/C19H25ClN4O5/c1-19(2,3)29-18(27)23-13-7-11(9-21)8-14(16(13)20)24-6-5-12(22-17(25)26)15(10-24)28-4/h7-8,12,15,22H,5-6,10H2,1-4H3,(H,23,27)(H,25,26)/t12-,15-/m1/s1. The van der Waals surface area contributed by atoms with Crippen molar-refractivity contribution in [2.24, 2.45) is 0 Å². The Kier molecular flexibility index (Phi) is 7.16. The quantitative estimate of drug-likeness (QED) is 0.676. The molecule has 2 amide bonds. The molecule has 1 heterocycles. The summed E-state index contributed by atoms with van der Waals surface area (Å²) in [4.78, 5) is 25.0. The van der Waals surface area contributed by atoms with E-state index in [1.165, 1.54) is 13.2 Å². The van der Waals surface area contributed by atoms with E-state index in [0.717, 1.165) is 0 Å². The Morgan fingerprint density at radius 3 is 2.62 bits per heavy atom. The Bertz CT molecular complexity index is 818. The number of piperidine rings is 1. The van der Waals surface area contributed by atoms with Gasteiger partial charge < -0.3 is 24.8 Å². The molecule has 3 N–H and O–H groups in total. The Hall–Kier alpha value is -2.70. The average molecular weight is 425 g/mol. The molecule has 2 atom stereocenters. The molecular formula is C19H25ClN4O5. The van der Waals surface area contributed by atoms with Crippen molar-refractivity contribution in [2.75, 3.05) is 30.4 Å². The maximum Gasteiger partial charge on any atom is 0.412 e. The third-order valence-electron chi connectivity index (χ3n) is 4.33. The van der Waals surface area contributed by atoms with Crippen molar-refractivity contribution in [1.82, 2.24) is 5.32 Å². The van der Waals surface area contributed by atoms with Crippen LogP contribution in [0, 0.1) is 11.3 Å². The number of ether oxygens (including phenoxy) is 2. The summed E-state index contributed by atoms with van der Waals surface area (Å²) in [6.07, 6.45) is -1.70. The van der Waals surface area contributed by atoms with Gasteiger partial charge in [0.25, 0.3) is 0 Å².